The van der Waals surface area contributed by atoms with Crippen LogP contribution in [0.25, 0.3) is 6.08 Å². The molecule has 0 bridgehead atoms. The van der Waals surface area contributed by atoms with Crippen molar-refractivity contribution in [1.29, 1.82) is 0 Å². The molecule has 1 aromatic carbocycles. The summed E-state index contributed by atoms with van der Waals surface area (Å²) in [5.41, 5.74) is 0.700. The van der Waals surface area contributed by atoms with Gasteiger partial charge in [-0.1, -0.05) is 0 Å². The number of carbonyl (C=O) groups excluding carboxylic acids is 1. The van der Waals surface area contributed by atoms with E-state index < -0.39 is 5.97 Å². The Bertz CT molecular complexity index is 491. The molecule has 0 radical (unpaired) electrons. The van der Waals surface area contributed by atoms with Crippen LogP contribution >= 0.6 is 0 Å². The van der Waals surface area contributed by atoms with Crippen LogP contribution in [0, 0.1) is 0 Å². The maximum Gasteiger partial charge on any atom is 0.331 e. The van der Waals surface area contributed by atoms with E-state index in [2.05, 4.69) is 0 Å². The highest BCUT2D eigenvalue weighted by Gasteiger charge is 2.10. The molecule has 0 saturated carbocycles. The molecule has 0 heterocycles. The molecule has 0 spiro atoms. The standard InChI is InChI=1S/C15H20O5/c1-10(2)20-15(16)7-6-11-8-13(18-4)14(19-5)9-12(11)17-3/h6-10H,1-5H3. The fourth-order valence-electron chi connectivity index (χ4n) is 1.61. The number of carbonyl (C=O) groups is 1. The highest BCUT2D eigenvalue weighted by atomic mass is 16.5. The van der Waals surface area contributed by atoms with E-state index in [-0.39, 0.29) is 6.10 Å². The summed E-state index contributed by atoms with van der Waals surface area (Å²) in [6, 6.07) is 3.43. The molecule has 1 rings (SSSR count). The van der Waals surface area contributed by atoms with Crippen molar-refractivity contribution in [3.05, 3.63) is 23.8 Å². The first-order valence-corrected chi connectivity index (χ1v) is 6.20. The number of methoxy groups -OCH3 is 3. The van der Waals surface area contributed by atoms with Crippen molar-refractivity contribution in [1.82, 2.24) is 0 Å². The highest BCUT2D eigenvalue weighted by Crippen LogP contribution is 2.35. The van der Waals surface area contributed by atoms with Gasteiger partial charge >= 0.3 is 5.97 Å². The first-order valence-electron chi connectivity index (χ1n) is 6.20. The molecular weight excluding hydrogens is 260 g/mol. The lowest BCUT2D eigenvalue weighted by Crippen LogP contribution is -2.08. The zero-order valence-corrected chi connectivity index (χ0v) is 12.4. The van der Waals surface area contributed by atoms with E-state index >= 15 is 0 Å². The van der Waals surface area contributed by atoms with Gasteiger partial charge in [0.25, 0.3) is 0 Å². The van der Waals surface area contributed by atoms with Gasteiger partial charge in [0, 0.05) is 17.7 Å². The SMILES string of the molecule is COc1cc(OC)c(OC)cc1C=CC(=O)OC(C)C. The molecule has 20 heavy (non-hydrogen) atoms. The van der Waals surface area contributed by atoms with Crippen molar-refractivity contribution < 1.29 is 23.7 Å². The maximum atomic E-state index is 11.5. The Balaban J connectivity index is 3.04. The number of hydrogen-bond acceptors (Lipinski definition) is 5. The Morgan fingerprint density at radius 1 is 1.00 bits per heavy atom. The zero-order chi connectivity index (χ0) is 15.1. The summed E-state index contributed by atoms with van der Waals surface area (Å²) in [4.78, 5) is 11.5. The zero-order valence-electron chi connectivity index (χ0n) is 12.4. The molecule has 0 aliphatic rings. The molecule has 110 valence electrons. The van der Waals surface area contributed by atoms with Gasteiger partial charge in [0.15, 0.2) is 11.5 Å². The summed E-state index contributed by atoms with van der Waals surface area (Å²) in [7, 11) is 4.64. The highest BCUT2D eigenvalue weighted by molar-refractivity contribution is 5.88. The number of benzene rings is 1. The quantitative estimate of drug-likeness (QED) is 0.592. The molecule has 5 nitrogen and oxygen atoms in total. The Labute approximate surface area is 119 Å². The lowest BCUT2D eigenvalue weighted by molar-refractivity contribution is -0.141. The van der Waals surface area contributed by atoms with Gasteiger partial charge in [-0.3, -0.25) is 0 Å². The van der Waals surface area contributed by atoms with Gasteiger partial charge in [0.1, 0.15) is 5.75 Å². The first kappa shape index (κ1) is 15.9. The first-order chi connectivity index (χ1) is 9.51. The summed E-state index contributed by atoms with van der Waals surface area (Å²) < 4.78 is 20.7. The van der Waals surface area contributed by atoms with Crippen molar-refractivity contribution in [3.63, 3.8) is 0 Å². The predicted octanol–water partition coefficient (Wildman–Crippen LogP) is 2.68. The second-order valence-electron chi connectivity index (χ2n) is 4.27. The molecule has 0 N–H and O–H groups in total. The van der Waals surface area contributed by atoms with Crippen LogP contribution in [0.2, 0.25) is 0 Å². The lowest BCUT2D eigenvalue weighted by atomic mass is 10.1. The summed E-state index contributed by atoms with van der Waals surface area (Å²) in [5, 5.41) is 0. The molecular formula is C15H20O5. The van der Waals surface area contributed by atoms with Crippen molar-refractivity contribution in [2.24, 2.45) is 0 Å². The van der Waals surface area contributed by atoms with Gasteiger partial charge in [-0.25, -0.2) is 4.79 Å². The summed E-state index contributed by atoms with van der Waals surface area (Å²) in [5.74, 6) is 1.30. The van der Waals surface area contributed by atoms with E-state index in [0.29, 0.717) is 22.8 Å². The molecule has 0 amide bonds. The van der Waals surface area contributed by atoms with Crippen LogP contribution in [0.3, 0.4) is 0 Å². The fraction of sp³-hybridized carbons (Fsp3) is 0.400. The third-order valence-corrected chi connectivity index (χ3v) is 2.49. The average Bonchev–Trinajstić information content (AvgIpc) is 2.43. The van der Waals surface area contributed by atoms with Crippen LogP contribution in [0.1, 0.15) is 19.4 Å². The Hall–Kier alpha value is -2.17. The number of ether oxygens (including phenoxy) is 4. The van der Waals surface area contributed by atoms with Crippen molar-refractivity contribution in [3.8, 4) is 17.2 Å². The van der Waals surface area contributed by atoms with E-state index in [0.717, 1.165) is 0 Å². The average molecular weight is 280 g/mol. The van der Waals surface area contributed by atoms with Crippen LogP contribution in [0.5, 0.6) is 17.2 Å². The van der Waals surface area contributed by atoms with Crippen LogP contribution in [0.4, 0.5) is 0 Å². The predicted molar refractivity (Wildman–Crippen MR) is 76.4 cm³/mol. The fourth-order valence-corrected chi connectivity index (χ4v) is 1.61. The monoisotopic (exact) mass is 280 g/mol. The Morgan fingerprint density at radius 3 is 2.05 bits per heavy atom. The van der Waals surface area contributed by atoms with Crippen LogP contribution in [-0.2, 0) is 9.53 Å². The van der Waals surface area contributed by atoms with Crippen LogP contribution in [0.15, 0.2) is 18.2 Å². The Kier molecular flexibility index (Phi) is 5.90. The van der Waals surface area contributed by atoms with E-state index in [4.69, 9.17) is 18.9 Å². The second kappa shape index (κ2) is 7.43. The third kappa shape index (κ3) is 4.19. The molecule has 1 aromatic rings. The normalized spacial score (nSPS) is 10.7. The van der Waals surface area contributed by atoms with Gasteiger partial charge < -0.3 is 18.9 Å². The Morgan fingerprint density at radius 2 is 1.55 bits per heavy atom. The molecule has 0 aliphatic heterocycles. The van der Waals surface area contributed by atoms with Crippen LogP contribution < -0.4 is 14.2 Å². The summed E-state index contributed by atoms with van der Waals surface area (Å²) >= 11 is 0. The molecule has 0 aromatic heterocycles. The molecule has 0 saturated heterocycles. The minimum atomic E-state index is -0.406. The topological polar surface area (TPSA) is 54.0 Å². The smallest absolute Gasteiger partial charge is 0.331 e. The molecule has 5 heteroatoms. The van der Waals surface area contributed by atoms with E-state index in [9.17, 15) is 4.79 Å². The summed E-state index contributed by atoms with van der Waals surface area (Å²) in [6.45, 7) is 3.59. The molecule has 0 atom stereocenters. The van der Waals surface area contributed by atoms with Crippen LogP contribution in [-0.4, -0.2) is 33.4 Å². The minimum absolute atomic E-state index is 0.153. The van der Waals surface area contributed by atoms with Gasteiger partial charge in [0.2, 0.25) is 0 Å². The molecule has 0 unspecified atom stereocenters. The number of rotatable bonds is 6. The second-order valence-corrected chi connectivity index (χ2v) is 4.27. The van der Waals surface area contributed by atoms with E-state index in [1.165, 1.54) is 6.08 Å². The number of hydrogen-bond donors (Lipinski definition) is 0. The van der Waals surface area contributed by atoms with Crippen molar-refractivity contribution in [2.75, 3.05) is 21.3 Å². The van der Waals surface area contributed by atoms with Gasteiger partial charge in [0.05, 0.1) is 27.4 Å². The largest absolute Gasteiger partial charge is 0.496 e. The minimum Gasteiger partial charge on any atom is -0.496 e. The molecule has 0 fully saturated rings. The van der Waals surface area contributed by atoms with E-state index in [1.807, 2.05) is 0 Å². The maximum absolute atomic E-state index is 11.5. The number of esters is 1. The van der Waals surface area contributed by atoms with Gasteiger partial charge in [-0.15, -0.1) is 0 Å². The van der Waals surface area contributed by atoms with E-state index in [1.54, 1.807) is 53.4 Å². The molecule has 0 aliphatic carbocycles. The van der Waals surface area contributed by atoms with Crippen molar-refractivity contribution in [2.45, 2.75) is 20.0 Å². The van der Waals surface area contributed by atoms with Gasteiger partial charge in [-0.2, -0.15) is 0 Å². The van der Waals surface area contributed by atoms with Gasteiger partial charge in [-0.05, 0) is 26.0 Å². The lowest BCUT2D eigenvalue weighted by Gasteiger charge is -2.12. The summed E-state index contributed by atoms with van der Waals surface area (Å²) in [6.07, 6.45) is 2.81. The third-order valence-electron chi connectivity index (χ3n) is 2.49. The van der Waals surface area contributed by atoms with Crippen molar-refractivity contribution >= 4 is 12.0 Å².